The van der Waals surface area contributed by atoms with Crippen LogP contribution in [0.3, 0.4) is 0 Å². The van der Waals surface area contributed by atoms with Crippen molar-refractivity contribution in [1.29, 1.82) is 0 Å². The lowest BCUT2D eigenvalue weighted by Crippen LogP contribution is -2.37. The molecule has 0 aromatic carbocycles. The first kappa shape index (κ1) is 10.1. The quantitative estimate of drug-likeness (QED) is 0.511. The summed E-state index contributed by atoms with van der Waals surface area (Å²) >= 11 is 0. The Balaban J connectivity index is 3.10. The van der Waals surface area contributed by atoms with Gasteiger partial charge in [-0.05, 0) is 28.6 Å². The smallest absolute Gasteiger partial charge is 0.0249 e. The van der Waals surface area contributed by atoms with Gasteiger partial charge in [-0.1, -0.05) is 48.5 Å². The zero-order chi connectivity index (χ0) is 9.78. The van der Waals surface area contributed by atoms with E-state index in [-0.39, 0.29) is 0 Å². The van der Waals surface area contributed by atoms with E-state index < -0.39 is 0 Å². The normalized spacial score (nSPS) is 36.8. The van der Waals surface area contributed by atoms with Crippen LogP contribution in [0, 0.1) is 22.2 Å². The van der Waals surface area contributed by atoms with E-state index in [0.29, 0.717) is 16.2 Å². The molecule has 0 heterocycles. The molecule has 0 heteroatoms. The average molecular weight is 168 g/mol. The summed E-state index contributed by atoms with van der Waals surface area (Å²) in [7, 11) is 0. The van der Waals surface area contributed by atoms with Crippen LogP contribution in [0.1, 0.15) is 54.9 Å². The van der Waals surface area contributed by atoms with Gasteiger partial charge in [-0.2, -0.15) is 0 Å². The molecule has 1 aliphatic carbocycles. The van der Waals surface area contributed by atoms with E-state index in [2.05, 4.69) is 48.5 Å². The van der Waals surface area contributed by atoms with Gasteiger partial charge < -0.3 is 0 Å². The maximum atomic E-state index is 2.43. The van der Waals surface area contributed by atoms with Crippen molar-refractivity contribution in [2.24, 2.45) is 22.2 Å². The molecule has 0 bridgehead atoms. The minimum atomic E-state index is 0.458. The van der Waals surface area contributed by atoms with Crippen molar-refractivity contribution in [3.05, 3.63) is 0 Å². The van der Waals surface area contributed by atoms with Gasteiger partial charge in [0.1, 0.15) is 0 Å². The first-order chi connectivity index (χ1) is 5.13. The lowest BCUT2D eigenvalue weighted by Gasteiger charge is -2.45. The predicted octanol–water partition coefficient (Wildman–Crippen LogP) is 4.10. The summed E-state index contributed by atoms with van der Waals surface area (Å²) in [4.78, 5) is 0. The van der Waals surface area contributed by atoms with Crippen molar-refractivity contribution < 1.29 is 0 Å². The highest BCUT2D eigenvalue weighted by molar-refractivity contribution is 5.05. The lowest BCUT2D eigenvalue weighted by molar-refractivity contribution is 0.0400. The highest BCUT2D eigenvalue weighted by Gasteiger charge is 2.56. The van der Waals surface area contributed by atoms with Crippen molar-refractivity contribution in [1.82, 2.24) is 0 Å². The van der Waals surface area contributed by atoms with Crippen molar-refractivity contribution >= 4 is 0 Å². The minimum absolute atomic E-state index is 0.458. The van der Waals surface area contributed by atoms with E-state index >= 15 is 0 Å². The second-order valence-corrected chi connectivity index (χ2v) is 6.34. The second kappa shape index (κ2) is 2.27. The fraction of sp³-hybridized carbons (Fsp3) is 1.00. The van der Waals surface area contributed by atoms with Crippen molar-refractivity contribution in [3.63, 3.8) is 0 Å². The third-order valence-corrected chi connectivity index (χ3v) is 5.35. The van der Waals surface area contributed by atoms with E-state index in [4.69, 9.17) is 0 Å². The second-order valence-electron chi connectivity index (χ2n) is 6.34. The van der Waals surface area contributed by atoms with Gasteiger partial charge in [-0.25, -0.2) is 0 Å². The number of hydrogen-bond donors (Lipinski definition) is 0. The highest BCUT2D eigenvalue weighted by atomic mass is 14.6. The molecule has 0 N–H and O–H groups in total. The van der Waals surface area contributed by atoms with Crippen molar-refractivity contribution in [2.45, 2.75) is 54.9 Å². The molecular formula is C12H24. The molecular weight excluding hydrogens is 144 g/mol. The van der Waals surface area contributed by atoms with Crippen LogP contribution in [-0.4, -0.2) is 0 Å². The van der Waals surface area contributed by atoms with Gasteiger partial charge in [0.2, 0.25) is 0 Å². The van der Waals surface area contributed by atoms with Crippen LogP contribution in [0.25, 0.3) is 0 Å². The van der Waals surface area contributed by atoms with Crippen LogP contribution in [0.15, 0.2) is 0 Å². The van der Waals surface area contributed by atoms with Crippen LogP contribution in [0.5, 0.6) is 0 Å². The van der Waals surface area contributed by atoms with Gasteiger partial charge >= 0.3 is 0 Å². The summed E-state index contributed by atoms with van der Waals surface area (Å²) in [6.07, 6.45) is 1.37. The minimum Gasteiger partial charge on any atom is -0.0620 e. The molecule has 1 unspecified atom stereocenters. The van der Waals surface area contributed by atoms with Crippen LogP contribution in [0.4, 0.5) is 0 Å². The van der Waals surface area contributed by atoms with Gasteiger partial charge in [-0.3, -0.25) is 0 Å². The van der Waals surface area contributed by atoms with E-state index in [9.17, 15) is 0 Å². The third-order valence-electron chi connectivity index (χ3n) is 5.35. The van der Waals surface area contributed by atoms with Crippen molar-refractivity contribution in [2.75, 3.05) is 0 Å². The molecule has 72 valence electrons. The van der Waals surface area contributed by atoms with Gasteiger partial charge in [0.15, 0.2) is 0 Å². The Kier molecular flexibility index (Phi) is 1.91. The van der Waals surface area contributed by atoms with Gasteiger partial charge in [-0.15, -0.1) is 0 Å². The molecule has 0 radical (unpaired) electrons. The van der Waals surface area contributed by atoms with E-state index in [1.54, 1.807) is 0 Å². The first-order valence-electron chi connectivity index (χ1n) is 5.13. The Morgan fingerprint density at radius 2 is 1.33 bits per heavy atom. The molecule has 0 spiro atoms. The summed E-state index contributed by atoms with van der Waals surface area (Å²) in [6.45, 7) is 16.9. The van der Waals surface area contributed by atoms with E-state index in [1.807, 2.05) is 0 Å². The Hall–Kier alpha value is 0. The summed E-state index contributed by atoms with van der Waals surface area (Å²) in [5.74, 6) is 0.850. The van der Waals surface area contributed by atoms with Crippen LogP contribution in [0.2, 0.25) is 0 Å². The number of rotatable bonds is 0. The Morgan fingerprint density at radius 3 is 1.42 bits per heavy atom. The summed E-state index contributed by atoms with van der Waals surface area (Å²) in [5.41, 5.74) is 1.44. The van der Waals surface area contributed by atoms with E-state index in [0.717, 1.165) is 5.92 Å². The molecule has 1 aliphatic rings. The average Bonchev–Trinajstić information content (AvgIpc) is 1.92. The summed E-state index contributed by atoms with van der Waals surface area (Å²) in [5, 5.41) is 0. The zero-order valence-electron chi connectivity index (χ0n) is 9.78. The highest BCUT2D eigenvalue weighted by Crippen LogP contribution is 2.64. The van der Waals surface area contributed by atoms with E-state index in [1.165, 1.54) is 6.42 Å². The predicted molar refractivity (Wildman–Crippen MR) is 55.1 cm³/mol. The molecule has 1 fully saturated rings. The van der Waals surface area contributed by atoms with Crippen LogP contribution >= 0.6 is 0 Å². The molecule has 0 aromatic heterocycles. The molecule has 0 amide bonds. The van der Waals surface area contributed by atoms with Crippen molar-refractivity contribution in [3.8, 4) is 0 Å². The monoisotopic (exact) mass is 168 g/mol. The summed E-state index contributed by atoms with van der Waals surface area (Å²) < 4.78 is 0. The molecule has 0 saturated heterocycles. The van der Waals surface area contributed by atoms with Crippen LogP contribution < -0.4 is 0 Å². The molecule has 0 nitrogen and oxygen atoms in total. The number of hydrogen-bond acceptors (Lipinski definition) is 0. The first-order valence-corrected chi connectivity index (χ1v) is 5.13. The molecule has 1 rings (SSSR count). The van der Waals surface area contributed by atoms with Gasteiger partial charge in [0, 0.05) is 0 Å². The zero-order valence-corrected chi connectivity index (χ0v) is 9.78. The molecule has 12 heavy (non-hydrogen) atoms. The fourth-order valence-corrected chi connectivity index (χ4v) is 2.76. The van der Waals surface area contributed by atoms with Crippen LogP contribution in [-0.2, 0) is 0 Å². The largest absolute Gasteiger partial charge is 0.0620 e. The fourth-order valence-electron chi connectivity index (χ4n) is 2.76. The Morgan fingerprint density at radius 1 is 0.917 bits per heavy atom. The van der Waals surface area contributed by atoms with Gasteiger partial charge in [0.05, 0.1) is 0 Å². The summed E-state index contributed by atoms with van der Waals surface area (Å²) in [6, 6.07) is 0. The third kappa shape index (κ3) is 0.963. The molecule has 0 aliphatic heterocycles. The topological polar surface area (TPSA) is 0 Å². The molecule has 0 aromatic rings. The maximum absolute atomic E-state index is 2.43. The van der Waals surface area contributed by atoms with Gasteiger partial charge in [0.25, 0.3) is 0 Å². The molecule has 1 atom stereocenters. The molecule has 1 saturated carbocycles. The lowest BCUT2D eigenvalue weighted by atomic mass is 9.60. The Labute approximate surface area is 77.7 Å². The SMILES string of the molecule is CC1CC(C)(C)C(C)(C)C1(C)C. The standard InChI is InChI=1S/C12H24/c1-9-8-10(2,3)12(6,7)11(9,4)5/h9H,8H2,1-7H3. The maximum Gasteiger partial charge on any atom is -0.0249 e. The Bertz CT molecular complexity index is 184.